The van der Waals surface area contributed by atoms with Gasteiger partial charge < -0.3 is 4.90 Å². The number of para-hydroxylation sites is 2. The SMILES string of the molecule is C(=C\C(c1ccccc1)N1c2ccccc2CCc2ccccc21)/c1ccccc1. The lowest BCUT2D eigenvalue weighted by Gasteiger charge is -2.34. The summed E-state index contributed by atoms with van der Waals surface area (Å²) < 4.78 is 0. The van der Waals surface area contributed by atoms with Crippen LogP contribution in [0.2, 0.25) is 0 Å². The van der Waals surface area contributed by atoms with Gasteiger partial charge in [0.25, 0.3) is 0 Å². The molecule has 0 saturated carbocycles. The van der Waals surface area contributed by atoms with E-state index in [9.17, 15) is 0 Å². The van der Waals surface area contributed by atoms with Gasteiger partial charge in [0.05, 0.1) is 6.04 Å². The van der Waals surface area contributed by atoms with Gasteiger partial charge in [-0.05, 0) is 47.2 Å². The molecule has 0 saturated heterocycles. The molecule has 1 unspecified atom stereocenters. The second-order valence-electron chi connectivity index (χ2n) is 7.75. The zero-order valence-electron chi connectivity index (χ0n) is 17.0. The van der Waals surface area contributed by atoms with Crippen LogP contribution >= 0.6 is 0 Å². The predicted octanol–water partition coefficient (Wildman–Crippen LogP) is 7.38. The van der Waals surface area contributed by atoms with Crippen molar-refractivity contribution < 1.29 is 0 Å². The van der Waals surface area contributed by atoms with Crippen LogP contribution in [-0.4, -0.2) is 0 Å². The van der Waals surface area contributed by atoms with Crippen molar-refractivity contribution in [1.82, 2.24) is 0 Å². The molecule has 4 aromatic rings. The molecular formula is C29H25N. The number of hydrogen-bond acceptors (Lipinski definition) is 1. The van der Waals surface area contributed by atoms with Gasteiger partial charge in [0.2, 0.25) is 0 Å². The molecule has 0 amide bonds. The molecular weight excluding hydrogens is 362 g/mol. The van der Waals surface area contributed by atoms with E-state index in [1.807, 2.05) is 0 Å². The Bertz CT molecular complexity index is 1100. The summed E-state index contributed by atoms with van der Waals surface area (Å²) in [5.41, 5.74) is 7.92. The zero-order valence-corrected chi connectivity index (χ0v) is 17.0. The van der Waals surface area contributed by atoms with Gasteiger partial charge in [0.15, 0.2) is 0 Å². The van der Waals surface area contributed by atoms with Gasteiger partial charge in [-0.15, -0.1) is 0 Å². The van der Waals surface area contributed by atoms with E-state index >= 15 is 0 Å². The molecule has 0 fully saturated rings. The first-order valence-corrected chi connectivity index (χ1v) is 10.6. The van der Waals surface area contributed by atoms with Gasteiger partial charge in [0.1, 0.15) is 0 Å². The fourth-order valence-corrected chi connectivity index (χ4v) is 4.38. The maximum absolute atomic E-state index is 2.52. The second-order valence-corrected chi connectivity index (χ2v) is 7.75. The first-order chi connectivity index (χ1) is 14.9. The van der Waals surface area contributed by atoms with Crippen LogP contribution in [0.5, 0.6) is 0 Å². The van der Waals surface area contributed by atoms with Crippen LogP contribution in [0.25, 0.3) is 6.08 Å². The third-order valence-corrected chi connectivity index (χ3v) is 5.86. The molecule has 1 heterocycles. The van der Waals surface area contributed by atoms with Gasteiger partial charge in [-0.3, -0.25) is 0 Å². The molecule has 4 aromatic carbocycles. The normalized spacial score (nSPS) is 14.1. The van der Waals surface area contributed by atoms with E-state index < -0.39 is 0 Å². The molecule has 0 radical (unpaired) electrons. The minimum absolute atomic E-state index is 0.104. The molecule has 1 aliphatic rings. The van der Waals surface area contributed by atoms with E-state index in [2.05, 4.69) is 126 Å². The van der Waals surface area contributed by atoms with Crippen LogP contribution < -0.4 is 4.90 Å². The maximum atomic E-state index is 2.52. The highest BCUT2D eigenvalue weighted by Gasteiger charge is 2.26. The summed E-state index contributed by atoms with van der Waals surface area (Å²) in [6.45, 7) is 0. The maximum Gasteiger partial charge on any atom is 0.0779 e. The molecule has 1 aliphatic heterocycles. The first-order valence-electron chi connectivity index (χ1n) is 10.6. The summed E-state index contributed by atoms with van der Waals surface area (Å²) in [6, 6.07) is 39.2. The first kappa shape index (κ1) is 18.4. The third kappa shape index (κ3) is 3.67. The predicted molar refractivity (Wildman–Crippen MR) is 127 cm³/mol. The average molecular weight is 388 g/mol. The Morgan fingerprint density at radius 1 is 0.567 bits per heavy atom. The standard InChI is InChI=1S/C29H25N/c1-3-11-23(12-4-1)19-22-29(24-13-5-2-6-14-24)30-27-17-9-7-15-25(27)20-21-26-16-8-10-18-28(26)30/h1-19,22,29H,20-21H2/b22-19+. The minimum atomic E-state index is 0.104. The monoisotopic (exact) mass is 387 g/mol. The van der Waals surface area contributed by atoms with Crippen LogP contribution in [0.15, 0.2) is 115 Å². The van der Waals surface area contributed by atoms with Gasteiger partial charge in [-0.25, -0.2) is 0 Å². The summed E-state index contributed by atoms with van der Waals surface area (Å²) >= 11 is 0. The Kier molecular flexibility index (Phi) is 5.18. The summed E-state index contributed by atoms with van der Waals surface area (Å²) in [4.78, 5) is 2.52. The van der Waals surface area contributed by atoms with E-state index in [0.717, 1.165) is 12.8 Å². The number of aryl methyl sites for hydroxylation is 2. The Morgan fingerprint density at radius 2 is 1.07 bits per heavy atom. The van der Waals surface area contributed by atoms with Gasteiger partial charge >= 0.3 is 0 Å². The fraction of sp³-hybridized carbons (Fsp3) is 0.103. The van der Waals surface area contributed by atoms with Crippen molar-refractivity contribution in [2.24, 2.45) is 0 Å². The fourth-order valence-electron chi connectivity index (χ4n) is 4.38. The Balaban J connectivity index is 1.69. The molecule has 1 atom stereocenters. The molecule has 0 N–H and O–H groups in total. The highest BCUT2D eigenvalue weighted by atomic mass is 15.2. The summed E-state index contributed by atoms with van der Waals surface area (Å²) in [6.07, 6.45) is 6.71. The van der Waals surface area contributed by atoms with Crippen molar-refractivity contribution >= 4 is 17.5 Å². The smallest absolute Gasteiger partial charge is 0.0779 e. The Labute approximate surface area is 178 Å². The Hall–Kier alpha value is -3.58. The third-order valence-electron chi connectivity index (χ3n) is 5.86. The lowest BCUT2D eigenvalue weighted by atomic mass is 10.0. The largest absolute Gasteiger partial charge is 0.330 e. The molecule has 5 rings (SSSR count). The van der Waals surface area contributed by atoms with Crippen LogP contribution in [0.4, 0.5) is 11.4 Å². The van der Waals surface area contributed by atoms with Crippen molar-refractivity contribution in [1.29, 1.82) is 0 Å². The number of hydrogen-bond donors (Lipinski definition) is 0. The van der Waals surface area contributed by atoms with E-state index in [0.29, 0.717) is 0 Å². The van der Waals surface area contributed by atoms with E-state index in [4.69, 9.17) is 0 Å². The molecule has 0 bridgehead atoms. The quantitative estimate of drug-likeness (QED) is 0.353. The van der Waals surface area contributed by atoms with Gasteiger partial charge in [-0.1, -0.05) is 109 Å². The molecule has 0 aliphatic carbocycles. The second kappa shape index (κ2) is 8.42. The van der Waals surface area contributed by atoms with Crippen molar-refractivity contribution in [2.45, 2.75) is 18.9 Å². The molecule has 0 spiro atoms. The minimum Gasteiger partial charge on any atom is -0.330 e. The molecule has 1 nitrogen and oxygen atoms in total. The number of anilines is 2. The average Bonchev–Trinajstić information content (AvgIpc) is 2.98. The zero-order chi connectivity index (χ0) is 20.2. The van der Waals surface area contributed by atoms with E-state index in [1.54, 1.807) is 0 Å². The molecule has 30 heavy (non-hydrogen) atoms. The lowest BCUT2D eigenvalue weighted by Crippen LogP contribution is -2.23. The van der Waals surface area contributed by atoms with Crippen molar-refractivity contribution in [3.05, 3.63) is 138 Å². The van der Waals surface area contributed by atoms with Crippen LogP contribution in [0.1, 0.15) is 28.3 Å². The summed E-state index contributed by atoms with van der Waals surface area (Å²) in [5.74, 6) is 0. The van der Waals surface area contributed by atoms with Crippen molar-refractivity contribution in [2.75, 3.05) is 4.90 Å². The number of nitrogens with zero attached hydrogens (tertiary/aromatic N) is 1. The summed E-state index contributed by atoms with van der Waals surface area (Å²) in [7, 11) is 0. The number of rotatable bonds is 4. The van der Waals surface area contributed by atoms with Crippen molar-refractivity contribution in [3.63, 3.8) is 0 Å². The summed E-state index contributed by atoms with van der Waals surface area (Å²) in [5, 5.41) is 0. The molecule has 1 heteroatoms. The van der Waals surface area contributed by atoms with Crippen molar-refractivity contribution in [3.8, 4) is 0 Å². The van der Waals surface area contributed by atoms with Crippen LogP contribution in [0.3, 0.4) is 0 Å². The topological polar surface area (TPSA) is 3.24 Å². The molecule has 0 aromatic heterocycles. The highest BCUT2D eigenvalue weighted by Crippen LogP contribution is 2.42. The Morgan fingerprint density at radius 3 is 1.67 bits per heavy atom. The van der Waals surface area contributed by atoms with Gasteiger partial charge in [0, 0.05) is 11.4 Å². The number of benzene rings is 4. The van der Waals surface area contributed by atoms with E-state index in [1.165, 1.54) is 33.6 Å². The van der Waals surface area contributed by atoms with Crippen LogP contribution in [0, 0.1) is 0 Å². The number of fused-ring (bicyclic) bond motifs is 2. The lowest BCUT2D eigenvalue weighted by molar-refractivity contribution is 0.851. The van der Waals surface area contributed by atoms with Gasteiger partial charge in [-0.2, -0.15) is 0 Å². The van der Waals surface area contributed by atoms with E-state index in [-0.39, 0.29) is 6.04 Å². The molecule has 146 valence electrons. The van der Waals surface area contributed by atoms with Crippen LogP contribution in [-0.2, 0) is 12.8 Å². The highest BCUT2D eigenvalue weighted by molar-refractivity contribution is 5.74.